The van der Waals surface area contributed by atoms with E-state index in [2.05, 4.69) is 38.0 Å². The first-order valence-corrected chi connectivity index (χ1v) is 6.50. The summed E-state index contributed by atoms with van der Waals surface area (Å²) in [5, 5.41) is 3.14. The number of rotatable bonds is 6. The van der Waals surface area contributed by atoms with Gasteiger partial charge in [-0.05, 0) is 34.9 Å². The summed E-state index contributed by atoms with van der Waals surface area (Å²) in [6, 6.07) is 0. The van der Waals surface area contributed by atoms with Gasteiger partial charge < -0.3 is 14.6 Å². The minimum Gasteiger partial charge on any atom is -0.418 e. The van der Waals surface area contributed by atoms with Crippen LogP contribution in [0.1, 0.15) is 20.8 Å². The van der Waals surface area contributed by atoms with E-state index in [1.54, 1.807) is 0 Å². The van der Waals surface area contributed by atoms with Crippen LogP contribution in [0.2, 0.25) is 0 Å². The number of likely N-dealkylation sites (N-methyl/N-ethyl adjacent to an activating group) is 2. The lowest BCUT2D eigenvalue weighted by Crippen LogP contribution is -2.34. The second kappa shape index (κ2) is 6.54. The topological polar surface area (TPSA) is 24.5 Å². The monoisotopic (exact) mass is 204 g/mol. The fourth-order valence-electron chi connectivity index (χ4n) is 0.922. The zero-order valence-electron chi connectivity index (χ0n) is 9.68. The summed E-state index contributed by atoms with van der Waals surface area (Å²) in [6.45, 7) is 8.52. The number of hydrogen-bond donors (Lipinski definition) is 1. The van der Waals surface area contributed by atoms with Crippen LogP contribution in [-0.2, 0) is 4.43 Å². The molecule has 0 rings (SSSR count). The van der Waals surface area contributed by atoms with Crippen molar-refractivity contribution in [2.45, 2.75) is 26.4 Å². The molecule has 0 aromatic rings. The minimum atomic E-state index is -0.370. The van der Waals surface area contributed by atoms with E-state index in [0.717, 1.165) is 19.3 Å². The Hall–Kier alpha value is 0.0969. The average molecular weight is 204 g/mol. The van der Waals surface area contributed by atoms with E-state index in [1.165, 1.54) is 0 Å². The summed E-state index contributed by atoms with van der Waals surface area (Å²) >= 11 is 0. The zero-order valence-corrected chi connectivity index (χ0v) is 11.1. The molecule has 0 saturated carbocycles. The highest BCUT2D eigenvalue weighted by atomic mass is 28.2. The quantitative estimate of drug-likeness (QED) is 0.616. The van der Waals surface area contributed by atoms with Gasteiger partial charge in [-0.3, -0.25) is 0 Å². The number of hydrogen-bond acceptors (Lipinski definition) is 3. The first-order chi connectivity index (χ1) is 5.95. The van der Waals surface area contributed by atoms with Gasteiger partial charge in [0.1, 0.15) is 0 Å². The lowest BCUT2D eigenvalue weighted by molar-refractivity contribution is 0.134. The summed E-state index contributed by atoms with van der Waals surface area (Å²) in [6.07, 6.45) is 1.14. The van der Waals surface area contributed by atoms with Gasteiger partial charge in [-0.25, -0.2) is 0 Å². The first-order valence-electron chi connectivity index (χ1n) is 4.93. The van der Waals surface area contributed by atoms with Crippen molar-refractivity contribution in [3.8, 4) is 0 Å². The molecule has 0 aliphatic carbocycles. The van der Waals surface area contributed by atoms with Crippen LogP contribution in [0.3, 0.4) is 0 Å². The van der Waals surface area contributed by atoms with Gasteiger partial charge in [0.2, 0.25) is 0 Å². The third kappa shape index (κ3) is 10.0. The molecule has 0 heterocycles. The Morgan fingerprint density at radius 1 is 1.38 bits per heavy atom. The van der Waals surface area contributed by atoms with Gasteiger partial charge in [0.15, 0.2) is 9.76 Å². The van der Waals surface area contributed by atoms with Crippen LogP contribution >= 0.6 is 0 Å². The molecular weight excluding hydrogens is 180 g/mol. The van der Waals surface area contributed by atoms with Crippen molar-refractivity contribution >= 4 is 9.76 Å². The van der Waals surface area contributed by atoms with Gasteiger partial charge >= 0.3 is 0 Å². The molecular formula is C9H24N2OSi. The normalized spacial score (nSPS) is 13.4. The predicted molar refractivity (Wildman–Crippen MR) is 60.8 cm³/mol. The molecule has 0 aliphatic rings. The molecule has 0 radical (unpaired) electrons. The Balaban J connectivity index is 3.31. The highest BCUT2D eigenvalue weighted by molar-refractivity contribution is 6.27. The molecule has 3 nitrogen and oxygen atoms in total. The van der Waals surface area contributed by atoms with E-state index in [4.69, 9.17) is 4.43 Å². The van der Waals surface area contributed by atoms with E-state index < -0.39 is 0 Å². The zero-order chi connectivity index (χ0) is 10.3. The molecule has 13 heavy (non-hydrogen) atoms. The van der Waals surface area contributed by atoms with Gasteiger partial charge in [0, 0.05) is 24.9 Å². The average Bonchev–Trinajstić information content (AvgIpc) is 1.98. The molecule has 0 unspecified atom stereocenters. The van der Waals surface area contributed by atoms with Gasteiger partial charge in [-0.15, -0.1) is 0 Å². The molecule has 0 aliphatic heterocycles. The Morgan fingerprint density at radius 3 is 2.46 bits per heavy atom. The molecule has 0 amide bonds. The maximum atomic E-state index is 5.76. The van der Waals surface area contributed by atoms with Crippen molar-refractivity contribution in [3.63, 3.8) is 0 Å². The van der Waals surface area contributed by atoms with Crippen LogP contribution < -0.4 is 5.32 Å². The van der Waals surface area contributed by atoms with Crippen molar-refractivity contribution in [1.29, 1.82) is 0 Å². The molecule has 0 bridgehead atoms. The van der Waals surface area contributed by atoms with Gasteiger partial charge in [0.05, 0.1) is 0 Å². The van der Waals surface area contributed by atoms with Crippen LogP contribution in [0.25, 0.3) is 0 Å². The Morgan fingerprint density at radius 2 is 2.00 bits per heavy atom. The number of nitrogens with one attached hydrogen (secondary N) is 1. The van der Waals surface area contributed by atoms with E-state index in [9.17, 15) is 0 Å². The van der Waals surface area contributed by atoms with E-state index in [-0.39, 0.29) is 15.4 Å². The first kappa shape index (κ1) is 13.1. The molecule has 80 valence electrons. The van der Waals surface area contributed by atoms with Gasteiger partial charge in [0.25, 0.3) is 0 Å². The van der Waals surface area contributed by atoms with E-state index >= 15 is 0 Å². The second-order valence-corrected chi connectivity index (χ2v) is 5.51. The van der Waals surface area contributed by atoms with Crippen molar-refractivity contribution in [1.82, 2.24) is 10.2 Å². The molecule has 0 fully saturated rings. The Labute approximate surface area is 84.8 Å². The van der Waals surface area contributed by atoms with Gasteiger partial charge in [-0.1, -0.05) is 0 Å². The van der Waals surface area contributed by atoms with Crippen molar-refractivity contribution < 1.29 is 4.43 Å². The third-order valence-electron chi connectivity index (χ3n) is 1.75. The van der Waals surface area contributed by atoms with Crippen LogP contribution in [0, 0.1) is 0 Å². The lowest BCUT2D eigenvalue weighted by atomic mass is 10.2. The Bertz CT molecular complexity index is 125. The highest BCUT2D eigenvalue weighted by Gasteiger charge is 2.09. The van der Waals surface area contributed by atoms with Crippen molar-refractivity contribution in [2.75, 3.05) is 33.4 Å². The third-order valence-corrected chi connectivity index (χ3v) is 3.77. The van der Waals surface area contributed by atoms with Crippen molar-refractivity contribution in [2.24, 2.45) is 0 Å². The fourth-order valence-corrected chi connectivity index (χ4v) is 2.16. The molecule has 0 atom stereocenters. The smallest absolute Gasteiger partial charge is 0.176 e. The molecule has 0 saturated heterocycles. The highest BCUT2D eigenvalue weighted by Crippen LogP contribution is 2.04. The van der Waals surface area contributed by atoms with Crippen molar-refractivity contribution in [3.05, 3.63) is 0 Å². The second-order valence-electron chi connectivity index (χ2n) is 4.37. The molecule has 4 heteroatoms. The summed E-state index contributed by atoms with van der Waals surface area (Å²) in [4.78, 5) is 2.33. The molecule has 1 N–H and O–H groups in total. The van der Waals surface area contributed by atoms with Crippen LogP contribution in [-0.4, -0.2) is 53.6 Å². The summed E-state index contributed by atoms with van der Waals surface area (Å²) in [7, 11) is 3.76. The predicted octanol–water partition coefficient (Wildman–Crippen LogP) is -0.00600. The summed E-state index contributed by atoms with van der Waals surface area (Å²) < 4.78 is 5.76. The number of nitrogens with zero attached hydrogens (tertiary/aromatic N) is 1. The molecule has 0 aromatic carbocycles. The maximum absolute atomic E-state index is 5.76. The summed E-state index contributed by atoms with van der Waals surface area (Å²) in [5.74, 6) is 0. The molecule has 0 aromatic heterocycles. The standard InChI is InChI=1S/C9H24N2OSi/c1-9(2,3)12-13-8-11(5)7-6-10-4/h10H,6-8,13H2,1-5H3. The molecule has 0 spiro atoms. The summed E-state index contributed by atoms with van der Waals surface area (Å²) in [5.41, 5.74) is 0.0517. The Kier molecular flexibility index (Phi) is 6.58. The van der Waals surface area contributed by atoms with Gasteiger partial charge in [-0.2, -0.15) is 0 Å². The lowest BCUT2D eigenvalue weighted by Gasteiger charge is -2.22. The fraction of sp³-hybridized carbons (Fsp3) is 1.00. The minimum absolute atomic E-state index is 0.0517. The van der Waals surface area contributed by atoms with E-state index in [1.807, 2.05) is 7.05 Å². The van der Waals surface area contributed by atoms with E-state index in [0.29, 0.717) is 0 Å². The maximum Gasteiger partial charge on any atom is 0.176 e. The van der Waals surface area contributed by atoms with Crippen LogP contribution in [0.15, 0.2) is 0 Å². The largest absolute Gasteiger partial charge is 0.418 e. The van der Waals surface area contributed by atoms with Crippen LogP contribution in [0.4, 0.5) is 0 Å². The van der Waals surface area contributed by atoms with Crippen LogP contribution in [0.5, 0.6) is 0 Å². The SMILES string of the molecule is CNCCN(C)C[SiH2]OC(C)(C)C.